The Hall–Kier alpha value is -0.520. The number of rotatable bonds is 7. The van der Waals surface area contributed by atoms with Crippen LogP contribution in [0.5, 0.6) is 0 Å². The maximum Gasteiger partial charge on any atom is 0.333 e. The van der Waals surface area contributed by atoms with E-state index in [4.69, 9.17) is 5.11 Å². The summed E-state index contributed by atoms with van der Waals surface area (Å²) in [7, 11) is 1.37. The molecule has 2 atom stereocenters. The first-order valence-corrected chi connectivity index (χ1v) is 6.47. The number of methoxy groups -OCH3 is 1. The van der Waals surface area contributed by atoms with Gasteiger partial charge in [-0.05, 0) is 20.1 Å². The molecule has 0 spiro atoms. The minimum Gasteiger partial charge on any atom is -0.466 e. The van der Waals surface area contributed by atoms with Gasteiger partial charge in [0, 0.05) is 23.4 Å². The summed E-state index contributed by atoms with van der Waals surface area (Å²) in [6.07, 6.45) is 3.76. The van der Waals surface area contributed by atoms with E-state index < -0.39 is 0 Å². The van der Waals surface area contributed by atoms with Crippen molar-refractivity contribution in [3.8, 4) is 0 Å². The number of aliphatic hydroxyl groups is 1. The molecule has 0 rings (SSSR count). The van der Waals surface area contributed by atoms with Gasteiger partial charge in [-0.25, -0.2) is 4.79 Å². The summed E-state index contributed by atoms with van der Waals surface area (Å²) in [5.41, 5.74) is 0.590. The molecule has 0 aromatic heterocycles. The Morgan fingerprint density at radius 3 is 2.69 bits per heavy atom. The molecule has 0 aromatic rings. The first-order chi connectivity index (χ1) is 7.56. The zero-order valence-corrected chi connectivity index (χ0v) is 11.1. The Labute approximate surface area is 101 Å². The molecule has 94 valence electrons. The summed E-state index contributed by atoms with van der Waals surface area (Å²) in [6, 6.07) is 0.196. The van der Waals surface area contributed by atoms with Crippen LogP contribution < -0.4 is 5.32 Å². The molecular formula is C11H21NO3S. The highest BCUT2D eigenvalue weighted by Crippen LogP contribution is 2.09. The zero-order valence-electron chi connectivity index (χ0n) is 10.3. The fourth-order valence-electron chi connectivity index (χ4n) is 1.21. The van der Waals surface area contributed by atoms with Gasteiger partial charge in [-0.3, -0.25) is 0 Å². The maximum absolute atomic E-state index is 11.1. The van der Waals surface area contributed by atoms with Crippen LogP contribution >= 0.6 is 11.8 Å². The summed E-state index contributed by atoms with van der Waals surface area (Å²) in [6.45, 7) is 4.48. The topological polar surface area (TPSA) is 58.6 Å². The van der Waals surface area contributed by atoms with E-state index in [1.807, 2.05) is 13.2 Å². The van der Waals surface area contributed by atoms with E-state index in [0.29, 0.717) is 12.1 Å². The number of carbonyl (C=O) groups excluding carboxylic acids is 1. The van der Waals surface area contributed by atoms with Gasteiger partial charge in [0.1, 0.15) is 0 Å². The van der Waals surface area contributed by atoms with Gasteiger partial charge < -0.3 is 15.2 Å². The number of esters is 1. The Morgan fingerprint density at radius 2 is 2.25 bits per heavy atom. The lowest BCUT2D eigenvalue weighted by Crippen LogP contribution is -2.37. The molecule has 0 aliphatic carbocycles. The molecule has 0 heterocycles. The molecule has 0 amide bonds. The van der Waals surface area contributed by atoms with Gasteiger partial charge in [-0.2, -0.15) is 11.8 Å². The lowest BCUT2D eigenvalue weighted by Gasteiger charge is -2.20. The molecule has 2 unspecified atom stereocenters. The van der Waals surface area contributed by atoms with Crippen molar-refractivity contribution < 1.29 is 14.6 Å². The fraction of sp³-hybridized carbons (Fsp3) is 0.727. The number of thioether (sulfide) groups is 1. The second-order valence-corrected chi connectivity index (χ2v) is 4.61. The lowest BCUT2D eigenvalue weighted by atomic mass is 10.2. The Balaban J connectivity index is 4.01. The molecule has 0 radical (unpaired) electrons. The summed E-state index contributed by atoms with van der Waals surface area (Å²) in [5.74, 6) is -0.307. The number of carbonyl (C=O) groups is 1. The standard InChI is InChI=1S/C11H21NO3S/c1-8(11(14)15-3)5-6-12-9(2)10(7-13)16-4/h5,9-10,12-13H,6-7H2,1-4H3. The van der Waals surface area contributed by atoms with E-state index >= 15 is 0 Å². The highest BCUT2D eigenvalue weighted by molar-refractivity contribution is 7.99. The third kappa shape index (κ3) is 5.53. The molecule has 0 bridgehead atoms. The third-order valence-electron chi connectivity index (χ3n) is 2.40. The van der Waals surface area contributed by atoms with E-state index in [-0.39, 0.29) is 23.9 Å². The molecule has 0 aliphatic heterocycles. The number of nitrogens with one attached hydrogen (secondary N) is 1. The molecule has 4 nitrogen and oxygen atoms in total. The van der Waals surface area contributed by atoms with Crippen molar-refractivity contribution in [1.29, 1.82) is 0 Å². The van der Waals surface area contributed by atoms with Crippen LogP contribution in [-0.2, 0) is 9.53 Å². The van der Waals surface area contributed by atoms with Gasteiger partial charge in [0.05, 0.1) is 13.7 Å². The smallest absolute Gasteiger partial charge is 0.333 e. The quantitative estimate of drug-likeness (QED) is 0.515. The molecule has 0 aromatic carbocycles. The SMILES string of the molecule is COC(=O)C(C)=CCNC(C)C(CO)SC. The normalized spacial score (nSPS) is 15.7. The van der Waals surface area contributed by atoms with Crippen molar-refractivity contribution in [3.05, 3.63) is 11.6 Å². The average Bonchev–Trinajstić information content (AvgIpc) is 2.29. The van der Waals surface area contributed by atoms with Gasteiger partial charge in [0.15, 0.2) is 0 Å². The monoisotopic (exact) mass is 247 g/mol. The molecule has 16 heavy (non-hydrogen) atoms. The number of hydrogen-bond donors (Lipinski definition) is 2. The second kappa shape index (κ2) is 8.61. The van der Waals surface area contributed by atoms with Crippen molar-refractivity contribution in [3.63, 3.8) is 0 Å². The van der Waals surface area contributed by atoms with Crippen LogP contribution in [-0.4, -0.2) is 48.9 Å². The minimum atomic E-state index is -0.307. The summed E-state index contributed by atoms with van der Waals surface area (Å²) in [4.78, 5) is 11.1. The summed E-state index contributed by atoms with van der Waals surface area (Å²) >= 11 is 1.62. The van der Waals surface area contributed by atoms with E-state index in [0.717, 1.165) is 0 Å². The van der Waals surface area contributed by atoms with Crippen molar-refractivity contribution in [2.24, 2.45) is 0 Å². The molecular weight excluding hydrogens is 226 g/mol. The van der Waals surface area contributed by atoms with E-state index in [1.54, 1.807) is 24.8 Å². The largest absolute Gasteiger partial charge is 0.466 e. The van der Waals surface area contributed by atoms with Crippen molar-refractivity contribution in [2.45, 2.75) is 25.1 Å². The molecule has 0 saturated heterocycles. The van der Waals surface area contributed by atoms with Crippen LogP contribution in [0, 0.1) is 0 Å². The van der Waals surface area contributed by atoms with E-state index in [2.05, 4.69) is 10.1 Å². The molecule has 5 heteroatoms. The van der Waals surface area contributed by atoms with E-state index in [9.17, 15) is 4.79 Å². The molecule has 0 aliphatic rings. The van der Waals surface area contributed by atoms with Crippen LogP contribution in [0.15, 0.2) is 11.6 Å². The average molecular weight is 247 g/mol. The van der Waals surface area contributed by atoms with Crippen molar-refractivity contribution in [1.82, 2.24) is 5.32 Å². The van der Waals surface area contributed by atoms with Crippen LogP contribution in [0.3, 0.4) is 0 Å². The van der Waals surface area contributed by atoms with Gasteiger partial charge in [-0.1, -0.05) is 6.08 Å². The third-order valence-corrected chi connectivity index (χ3v) is 3.56. The fourth-order valence-corrected chi connectivity index (χ4v) is 1.86. The van der Waals surface area contributed by atoms with Gasteiger partial charge in [-0.15, -0.1) is 0 Å². The lowest BCUT2D eigenvalue weighted by molar-refractivity contribution is -0.136. The van der Waals surface area contributed by atoms with Crippen LogP contribution in [0.4, 0.5) is 0 Å². The first kappa shape index (κ1) is 15.5. The predicted molar refractivity (Wildman–Crippen MR) is 67.6 cm³/mol. The van der Waals surface area contributed by atoms with Crippen LogP contribution in [0.2, 0.25) is 0 Å². The predicted octanol–water partition coefficient (Wildman–Crippen LogP) is 0.808. The molecule has 2 N–H and O–H groups in total. The van der Waals surface area contributed by atoms with E-state index in [1.165, 1.54) is 7.11 Å². The number of hydrogen-bond acceptors (Lipinski definition) is 5. The Kier molecular flexibility index (Phi) is 8.33. The van der Waals surface area contributed by atoms with Gasteiger partial charge in [0.25, 0.3) is 0 Å². The van der Waals surface area contributed by atoms with Crippen LogP contribution in [0.25, 0.3) is 0 Å². The minimum absolute atomic E-state index is 0.148. The van der Waals surface area contributed by atoms with Gasteiger partial charge >= 0.3 is 5.97 Å². The molecule has 0 saturated carbocycles. The first-order valence-electron chi connectivity index (χ1n) is 5.18. The zero-order chi connectivity index (χ0) is 12.6. The van der Waals surface area contributed by atoms with Crippen molar-refractivity contribution >= 4 is 17.7 Å². The highest BCUT2D eigenvalue weighted by atomic mass is 32.2. The summed E-state index contributed by atoms with van der Waals surface area (Å²) in [5, 5.41) is 12.5. The van der Waals surface area contributed by atoms with Gasteiger partial charge in [0.2, 0.25) is 0 Å². The summed E-state index contributed by atoms with van der Waals surface area (Å²) < 4.78 is 4.58. The maximum atomic E-state index is 11.1. The second-order valence-electron chi connectivity index (χ2n) is 3.53. The molecule has 0 fully saturated rings. The Bertz CT molecular complexity index is 239. The number of ether oxygens (including phenoxy) is 1. The number of aliphatic hydroxyl groups excluding tert-OH is 1. The van der Waals surface area contributed by atoms with Crippen molar-refractivity contribution in [2.75, 3.05) is 26.5 Å². The van der Waals surface area contributed by atoms with Crippen LogP contribution in [0.1, 0.15) is 13.8 Å². The Morgan fingerprint density at radius 1 is 1.62 bits per heavy atom. The highest BCUT2D eigenvalue weighted by Gasteiger charge is 2.13.